The molecule has 16 heavy (non-hydrogen) atoms. The molecular weight excluding hydrogens is 228 g/mol. The Bertz CT molecular complexity index is 157. The van der Waals surface area contributed by atoms with Crippen LogP contribution in [-0.2, 0) is 9.53 Å². The molecule has 0 aliphatic rings. The minimum Gasteiger partial charge on any atom is -0.380 e. The number of unbranched alkanes of at least 4 members (excludes halogenated alkanes) is 1. The molecule has 98 valence electrons. The Balaban J connectivity index is 0. The van der Waals surface area contributed by atoms with Gasteiger partial charge in [-0.3, -0.25) is 4.79 Å². The van der Waals surface area contributed by atoms with Crippen LogP contribution in [0.2, 0.25) is 0 Å². The highest BCUT2D eigenvalue weighted by atomic mass is 35.5. The average Bonchev–Trinajstić information content (AvgIpc) is 2.23. The monoisotopic (exact) mass is 252 g/mol. The van der Waals surface area contributed by atoms with Crippen molar-refractivity contribution < 1.29 is 9.53 Å². The molecule has 0 fully saturated rings. The summed E-state index contributed by atoms with van der Waals surface area (Å²) < 4.78 is 5.32. The third-order valence-electron chi connectivity index (χ3n) is 2.04. The lowest BCUT2D eigenvalue weighted by Gasteiger charge is -2.05. The Morgan fingerprint density at radius 2 is 1.94 bits per heavy atom. The molecular formula is C11H25ClN2O2. The molecule has 0 aromatic rings. The van der Waals surface area contributed by atoms with Crippen molar-refractivity contribution in [2.24, 2.45) is 0 Å². The van der Waals surface area contributed by atoms with E-state index in [-0.39, 0.29) is 18.3 Å². The number of amides is 1. The quantitative estimate of drug-likeness (QED) is 0.577. The van der Waals surface area contributed by atoms with Gasteiger partial charge >= 0.3 is 0 Å². The molecule has 0 atom stereocenters. The second-order valence-electron chi connectivity index (χ2n) is 3.52. The van der Waals surface area contributed by atoms with E-state index in [2.05, 4.69) is 17.6 Å². The van der Waals surface area contributed by atoms with Crippen molar-refractivity contribution in [2.45, 2.75) is 32.6 Å². The Morgan fingerprint density at radius 1 is 1.19 bits per heavy atom. The van der Waals surface area contributed by atoms with E-state index in [1.165, 1.54) is 0 Å². The molecule has 0 aliphatic heterocycles. The third kappa shape index (κ3) is 13.7. The fourth-order valence-electron chi connectivity index (χ4n) is 1.13. The highest BCUT2D eigenvalue weighted by Crippen LogP contribution is 1.88. The van der Waals surface area contributed by atoms with E-state index in [0.717, 1.165) is 32.4 Å². The van der Waals surface area contributed by atoms with Gasteiger partial charge in [0.05, 0.1) is 6.61 Å². The molecule has 4 nitrogen and oxygen atoms in total. The van der Waals surface area contributed by atoms with E-state index < -0.39 is 0 Å². The van der Waals surface area contributed by atoms with Crippen LogP contribution in [0.1, 0.15) is 32.6 Å². The number of nitrogens with one attached hydrogen (secondary N) is 2. The van der Waals surface area contributed by atoms with E-state index in [1.807, 2.05) is 7.05 Å². The Labute approximate surface area is 105 Å². The van der Waals surface area contributed by atoms with Crippen LogP contribution in [0.4, 0.5) is 0 Å². The molecule has 1 amide bonds. The van der Waals surface area contributed by atoms with Crippen LogP contribution in [0.3, 0.4) is 0 Å². The molecule has 0 saturated heterocycles. The Hall–Kier alpha value is -0.320. The summed E-state index contributed by atoms with van der Waals surface area (Å²) in [5, 5.41) is 5.84. The van der Waals surface area contributed by atoms with Crippen LogP contribution >= 0.6 is 12.4 Å². The maximum absolute atomic E-state index is 11.2. The van der Waals surface area contributed by atoms with E-state index in [1.54, 1.807) is 0 Å². The summed E-state index contributed by atoms with van der Waals surface area (Å²) in [5.41, 5.74) is 0. The van der Waals surface area contributed by atoms with E-state index in [9.17, 15) is 4.79 Å². The Morgan fingerprint density at radius 3 is 2.56 bits per heavy atom. The number of hydrogen-bond donors (Lipinski definition) is 2. The van der Waals surface area contributed by atoms with Crippen LogP contribution in [0.25, 0.3) is 0 Å². The van der Waals surface area contributed by atoms with Crippen molar-refractivity contribution in [1.29, 1.82) is 0 Å². The summed E-state index contributed by atoms with van der Waals surface area (Å²) in [6.07, 6.45) is 3.72. The molecule has 0 bridgehead atoms. The molecule has 0 rings (SSSR count). The van der Waals surface area contributed by atoms with Gasteiger partial charge in [-0.05, 0) is 26.4 Å². The zero-order valence-corrected chi connectivity index (χ0v) is 11.2. The number of rotatable bonds is 10. The number of ether oxygens (including phenoxy) is 1. The molecule has 2 N–H and O–H groups in total. The first kappa shape index (κ1) is 18.1. The van der Waals surface area contributed by atoms with Crippen LogP contribution < -0.4 is 10.6 Å². The van der Waals surface area contributed by atoms with Crippen molar-refractivity contribution in [3.8, 4) is 0 Å². The van der Waals surface area contributed by atoms with Gasteiger partial charge in [0.1, 0.15) is 0 Å². The summed E-state index contributed by atoms with van der Waals surface area (Å²) in [4.78, 5) is 11.2. The number of carbonyl (C=O) groups is 1. The van der Waals surface area contributed by atoms with Crippen molar-refractivity contribution in [3.63, 3.8) is 0 Å². The van der Waals surface area contributed by atoms with E-state index in [0.29, 0.717) is 19.6 Å². The van der Waals surface area contributed by atoms with E-state index in [4.69, 9.17) is 4.74 Å². The van der Waals surface area contributed by atoms with E-state index >= 15 is 0 Å². The van der Waals surface area contributed by atoms with Crippen molar-refractivity contribution >= 4 is 18.3 Å². The fraction of sp³-hybridized carbons (Fsp3) is 0.909. The summed E-state index contributed by atoms with van der Waals surface area (Å²) in [6.45, 7) is 5.07. The standard InChI is InChI=1S/C11H24N2O2.ClH/c1-3-4-9-15-10-8-13-11(14)6-5-7-12-2;/h12H,3-10H2,1-2H3,(H,13,14);1H. The van der Waals surface area contributed by atoms with Crippen molar-refractivity contribution in [1.82, 2.24) is 10.6 Å². The molecule has 0 aromatic heterocycles. The van der Waals surface area contributed by atoms with Crippen LogP contribution in [0.15, 0.2) is 0 Å². The fourth-order valence-corrected chi connectivity index (χ4v) is 1.13. The predicted octanol–water partition coefficient (Wildman–Crippen LogP) is 1.34. The first-order valence-electron chi connectivity index (χ1n) is 5.80. The molecule has 0 heterocycles. The maximum Gasteiger partial charge on any atom is 0.220 e. The second kappa shape index (κ2) is 14.7. The summed E-state index contributed by atoms with van der Waals surface area (Å²) in [7, 11) is 1.89. The molecule has 0 aliphatic carbocycles. The lowest BCUT2D eigenvalue weighted by molar-refractivity contribution is -0.121. The summed E-state index contributed by atoms with van der Waals surface area (Å²) >= 11 is 0. The zero-order valence-electron chi connectivity index (χ0n) is 10.4. The van der Waals surface area contributed by atoms with Crippen LogP contribution in [0, 0.1) is 0 Å². The Kier molecular flexibility index (Phi) is 16.6. The zero-order chi connectivity index (χ0) is 11.4. The van der Waals surface area contributed by atoms with Gasteiger partial charge in [0.2, 0.25) is 5.91 Å². The maximum atomic E-state index is 11.2. The molecule has 0 radical (unpaired) electrons. The first-order valence-corrected chi connectivity index (χ1v) is 5.80. The largest absolute Gasteiger partial charge is 0.380 e. The van der Waals surface area contributed by atoms with Crippen LogP contribution in [0.5, 0.6) is 0 Å². The highest BCUT2D eigenvalue weighted by molar-refractivity contribution is 5.85. The highest BCUT2D eigenvalue weighted by Gasteiger charge is 1.98. The minimum atomic E-state index is 0. The van der Waals surface area contributed by atoms with Gasteiger partial charge < -0.3 is 15.4 Å². The molecule has 0 spiro atoms. The van der Waals surface area contributed by atoms with Gasteiger partial charge in [0.25, 0.3) is 0 Å². The molecule has 0 saturated carbocycles. The average molecular weight is 253 g/mol. The van der Waals surface area contributed by atoms with Gasteiger partial charge in [-0.15, -0.1) is 12.4 Å². The van der Waals surface area contributed by atoms with Gasteiger partial charge in [-0.25, -0.2) is 0 Å². The van der Waals surface area contributed by atoms with Crippen LogP contribution in [-0.4, -0.2) is 39.3 Å². The number of halogens is 1. The smallest absolute Gasteiger partial charge is 0.220 e. The second-order valence-corrected chi connectivity index (χ2v) is 3.52. The lowest BCUT2D eigenvalue weighted by Crippen LogP contribution is -2.27. The van der Waals surface area contributed by atoms with Gasteiger partial charge in [-0.1, -0.05) is 13.3 Å². The van der Waals surface area contributed by atoms with Gasteiger partial charge in [0, 0.05) is 19.6 Å². The summed E-state index contributed by atoms with van der Waals surface area (Å²) in [6, 6.07) is 0. The van der Waals surface area contributed by atoms with Crippen molar-refractivity contribution in [3.05, 3.63) is 0 Å². The molecule has 0 unspecified atom stereocenters. The lowest BCUT2D eigenvalue weighted by atomic mass is 10.3. The number of hydrogen-bond acceptors (Lipinski definition) is 3. The van der Waals surface area contributed by atoms with Crippen molar-refractivity contribution in [2.75, 3.05) is 33.4 Å². The molecule has 5 heteroatoms. The van der Waals surface area contributed by atoms with Gasteiger partial charge in [0.15, 0.2) is 0 Å². The predicted molar refractivity (Wildman–Crippen MR) is 69.1 cm³/mol. The number of carbonyl (C=O) groups excluding carboxylic acids is 1. The van der Waals surface area contributed by atoms with Gasteiger partial charge in [-0.2, -0.15) is 0 Å². The molecule has 0 aromatic carbocycles. The minimum absolute atomic E-state index is 0. The first-order chi connectivity index (χ1) is 7.31. The normalized spacial score (nSPS) is 9.62. The SMILES string of the molecule is CCCCOCCNC(=O)CCCNC.Cl. The third-order valence-corrected chi connectivity index (χ3v) is 2.04. The summed E-state index contributed by atoms with van der Waals surface area (Å²) in [5.74, 6) is 0.115. The topological polar surface area (TPSA) is 50.4 Å².